The van der Waals surface area contributed by atoms with Crippen molar-refractivity contribution in [3.63, 3.8) is 0 Å². The van der Waals surface area contributed by atoms with Crippen LogP contribution in [0.25, 0.3) is 0 Å². The molecule has 0 radical (unpaired) electrons. The first kappa shape index (κ1) is 30.0. The highest BCUT2D eigenvalue weighted by Gasteiger charge is 2.34. The van der Waals surface area contributed by atoms with E-state index < -0.39 is 28.5 Å². The van der Waals surface area contributed by atoms with Crippen LogP contribution in [-0.4, -0.2) is 51.4 Å². The number of amides is 2. The first-order valence-corrected chi connectivity index (χ1v) is 14.5. The Kier molecular flexibility index (Phi) is 10.4. The van der Waals surface area contributed by atoms with Crippen molar-refractivity contribution in [2.24, 2.45) is 0 Å². The monoisotopic (exact) mass is 571 g/mol. The number of nitrogens with zero attached hydrogens (tertiary/aromatic N) is 2. The summed E-state index contributed by atoms with van der Waals surface area (Å²) in [4.78, 5) is 28.5. The normalized spacial score (nSPS) is 11.9. The molecule has 0 saturated carbocycles. The van der Waals surface area contributed by atoms with Gasteiger partial charge >= 0.3 is 0 Å². The Morgan fingerprint density at radius 1 is 1.00 bits per heavy atom. The van der Waals surface area contributed by atoms with Crippen LogP contribution in [0.2, 0.25) is 5.02 Å². The Bertz CT molecular complexity index is 1400. The number of carbonyl (C=O) groups excluding carboxylic acids is 2. The summed E-state index contributed by atoms with van der Waals surface area (Å²) in [6.07, 6.45) is 0.340. The van der Waals surface area contributed by atoms with Gasteiger partial charge in [0.2, 0.25) is 11.8 Å². The second-order valence-electron chi connectivity index (χ2n) is 8.95. The van der Waals surface area contributed by atoms with Gasteiger partial charge in [-0.25, -0.2) is 8.42 Å². The average Bonchev–Trinajstić information content (AvgIpc) is 2.92. The fourth-order valence-electron chi connectivity index (χ4n) is 4.31. The summed E-state index contributed by atoms with van der Waals surface area (Å²) >= 11 is 6.15. The zero-order chi connectivity index (χ0) is 28.6. The van der Waals surface area contributed by atoms with Crippen LogP contribution in [0.1, 0.15) is 31.4 Å². The molecule has 0 saturated heterocycles. The van der Waals surface area contributed by atoms with E-state index in [0.29, 0.717) is 35.0 Å². The first-order chi connectivity index (χ1) is 18.6. The summed E-state index contributed by atoms with van der Waals surface area (Å²) < 4.78 is 34.2. The van der Waals surface area contributed by atoms with Crippen LogP contribution in [0.5, 0.6) is 5.75 Å². The van der Waals surface area contributed by atoms with E-state index in [-0.39, 0.29) is 17.3 Å². The van der Waals surface area contributed by atoms with Crippen LogP contribution in [0.4, 0.5) is 5.69 Å². The van der Waals surface area contributed by atoms with Gasteiger partial charge in [0, 0.05) is 18.1 Å². The third kappa shape index (κ3) is 7.30. The average molecular weight is 572 g/mol. The fourth-order valence-corrected chi connectivity index (χ4v) is 6.04. The van der Waals surface area contributed by atoms with Crippen LogP contribution in [-0.2, 0) is 26.2 Å². The summed E-state index contributed by atoms with van der Waals surface area (Å²) in [7, 11) is -2.59. The number of aryl methyl sites for hydroxylation is 1. The van der Waals surface area contributed by atoms with Crippen molar-refractivity contribution in [3.8, 4) is 5.75 Å². The summed E-state index contributed by atoms with van der Waals surface area (Å²) in [5, 5.41) is 3.24. The van der Waals surface area contributed by atoms with E-state index in [1.54, 1.807) is 75.6 Å². The van der Waals surface area contributed by atoms with E-state index in [0.717, 1.165) is 9.87 Å². The topological polar surface area (TPSA) is 96.0 Å². The minimum atomic E-state index is -4.14. The van der Waals surface area contributed by atoms with Gasteiger partial charge in [-0.3, -0.25) is 13.9 Å². The number of hydrogen-bond donors (Lipinski definition) is 1. The van der Waals surface area contributed by atoms with E-state index in [2.05, 4.69) is 5.32 Å². The van der Waals surface area contributed by atoms with Crippen molar-refractivity contribution in [2.45, 2.75) is 44.7 Å². The molecule has 0 fully saturated rings. The largest absolute Gasteiger partial charge is 0.497 e. The minimum Gasteiger partial charge on any atom is -0.497 e. The summed E-state index contributed by atoms with van der Waals surface area (Å²) in [5.41, 5.74) is 1.65. The highest BCUT2D eigenvalue weighted by molar-refractivity contribution is 7.92. The van der Waals surface area contributed by atoms with Crippen molar-refractivity contribution < 1.29 is 22.7 Å². The van der Waals surface area contributed by atoms with Gasteiger partial charge in [-0.05, 0) is 73.9 Å². The highest BCUT2D eigenvalue weighted by Crippen LogP contribution is 2.29. The molecule has 0 aliphatic rings. The Labute approximate surface area is 235 Å². The molecule has 1 atom stereocenters. The molecule has 3 rings (SSSR count). The molecule has 0 aromatic heterocycles. The predicted octanol–water partition coefficient (Wildman–Crippen LogP) is 4.80. The third-order valence-electron chi connectivity index (χ3n) is 6.26. The smallest absolute Gasteiger partial charge is 0.264 e. The highest BCUT2D eigenvalue weighted by atomic mass is 35.5. The molecule has 0 heterocycles. The number of carbonyl (C=O) groups is 2. The number of halogens is 1. The van der Waals surface area contributed by atoms with Crippen molar-refractivity contribution in [3.05, 3.63) is 88.9 Å². The Balaban J connectivity index is 2.09. The number of anilines is 1. The molecule has 0 aliphatic carbocycles. The zero-order valence-electron chi connectivity index (χ0n) is 22.6. The molecular formula is C29H34ClN3O5S. The quantitative estimate of drug-likeness (QED) is 0.337. The number of nitrogens with one attached hydrogen (secondary N) is 1. The molecule has 0 spiro atoms. The molecule has 2 amide bonds. The maximum Gasteiger partial charge on any atom is 0.264 e. The molecule has 0 aliphatic heterocycles. The molecule has 1 unspecified atom stereocenters. The molecule has 1 N–H and O–H groups in total. The second-order valence-corrected chi connectivity index (χ2v) is 11.2. The van der Waals surface area contributed by atoms with Gasteiger partial charge in [-0.2, -0.15) is 0 Å². The number of ether oxygens (including phenoxy) is 1. The van der Waals surface area contributed by atoms with Gasteiger partial charge in [0.05, 0.1) is 17.7 Å². The van der Waals surface area contributed by atoms with Gasteiger partial charge in [0.1, 0.15) is 18.3 Å². The Hall–Kier alpha value is -3.56. The second kappa shape index (κ2) is 13.5. The van der Waals surface area contributed by atoms with Crippen molar-refractivity contribution >= 4 is 39.1 Å². The van der Waals surface area contributed by atoms with Crippen molar-refractivity contribution in [1.29, 1.82) is 0 Å². The van der Waals surface area contributed by atoms with E-state index >= 15 is 0 Å². The summed E-state index contributed by atoms with van der Waals surface area (Å²) in [5.74, 6) is -0.225. The summed E-state index contributed by atoms with van der Waals surface area (Å²) in [6.45, 7) is 5.32. The van der Waals surface area contributed by atoms with Crippen LogP contribution in [0, 0.1) is 6.92 Å². The van der Waals surface area contributed by atoms with Crippen molar-refractivity contribution in [1.82, 2.24) is 10.2 Å². The number of methoxy groups -OCH3 is 1. The number of benzene rings is 3. The zero-order valence-corrected chi connectivity index (χ0v) is 24.1. The molecular weight excluding hydrogens is 538 g/mol. The van der Waals surface area contributed by atoms with Gasteiger partial charge in [-0.1, -0.05) is 48.9 Å². The first-order valence-electron chi connectivity index (χ1n) is 12.7. The molecule has 208 valence electrons. The van der Waals surface area contributed by atoms with E-state index in [1.165, 1.54) is 17.0 Å². The van der Waals surface area contributed by atoms with E-state index in [1.807, 2.05) is 13.0 Å². The number of hydrogen-bond acceptors (Lipinski definition) is 5. The Morgan fingerprint density at radius 3 is 2.33 bits per heavy atom. The molecule has 10 heteroatoms. The maximum atomic E-state index is 14.0. The molecule has 8 nitrogen and oxygen atoms in total. The molecule has 0 bridgehead atoms. The van der Waals surface area contributed by atoms with Gasteiger partial charge in [-0.15, -0.1) is 0 Å². The minimum absolute atomic E-state index is 0.0438. The van der Waals surface area contributed by atoms with E-state index in [4.69, 9.17) is 16.3 Å². The predicted molar refractivity (Wildman–Crippen MR) is 153 cm³/mol. The van der Waals surface area contributed by atoms with Crippen LogP contribution in [0.3, 0.4) is 0 Å². The summed E-state index contributed by atoms with van der Waals surface area (Å²) in [6, 6.07) is 19.1. The molecule has 3 aromatic carbocycles. The Morgan fingerprint density at radius 2 is 1.72 bits per heavy atom. The molecule has 3 aromatic rings. The standard InChI is InChI=1S/C29H34ClN3O5S/c1-5-26(29(35)31-6-2)32(19-22-11-10-12-24(18-22)38-4)28(34)20-33(27-16-15-23(30)17-21(27)3)39(36,37)25-13-8-7-9-14-25/h7-18,26H,5-6,19-20H2,1-4H3,(H,31,35). The molecule has 39 heavy (non-hydrogen) atoms. The number of likely N-dealkylation sites (N-methyl/N-ethyl adjacent to an activating group) is 1. The van der Waals surface area contributed by atoms with Crippen molar-refractivity contribution in [2.75, 3.05) is 24.5 Å². The third-order valence-corrected chi connectivity index (χ3v) is 8.27. The maximum absolute atomic E-state index is 14.0. The lowest BCUT2D eigenvalue weighted by Gasteiger charge is -2.33. The van der Waals surface area contributed by atoms with E-state index in [9.17, 15) is 18.0 Å². The van der Waals surface area contributed by atoms with Gasteiger partial charge < -0.3 is 15.0 Å². The van der Waals surface area contributed by atoms with Gasteiger partial charge in [0.15, 0.2) is 0 Å². The van der Waals surface area contributed by atoms with Crippen LogP contribution >= 0.6 is 11.6 Å². The number of sulfonamides is 1. The lowest BCUT2D eigenvalue weighted by atomic mass is 10.1. The van der Waals surface area contributed by atoms with Gasteiger partial charge in [0.25, 0.3) is 10.0 Å². The van der Waals surface area contributed by atoms with Crippen LogP contribution < -0.4 is 14.4 Å². The van der Waals surface area contributed by atoms with Crippen LogP contribution in [0.15, 0.2) is 77.7 Å². The lowest BCUT2D eigenvalue weighted by molar-refractivity contribution is -0.140. The lowest BCUT2D eigenvalue weighted by Crippen LogP contribution is -2.52. The fraction of sp³-hybridized carbons (Fsp3) is 0.310. The SMILES string of the molecule is CCNC(=O)C(CC)N(Cc1cccc(OC)c1)C(=O)CN(c1ccc(Cl)cc1C)S(=O)(=O)c1ccccc1. The number of rotatable bonds is 12.